The predicted molar refractivity (Wildman–Crippen MR) is 206 cm³/mol. The van der Waals surface area contributed by atoms with Crippen molar-refractivity contribution < 1.29 is 27.8 Å². The van der Waals surface area contributed by atoms with Crippen LogP contribution in [0.1, 0.15) is 52.7 Å². The third-order valence-electron chi connectivity index (χ3n) is 9.56. The summed E-state index contributed by atoms with van der Waals surface area (Å²) in [6, 6.07) is 40.1. The molecular weight excluding hydrogens is 687 g/mol. The molecular formula is C43H47N3O6S. The van der Waals surface area contributed by atoms with Gasteiger partial charge in [-0.2, -0.15) is 4.72 Å². The number of hydrogen-bond donors (Lipinski definition) is 3. The Labute approximate surface area is 312 Å². The van der Waals surface area contributed by atoms with Gasteiger partial charge in [0.15, 0.2) is 6.29 Å². The lowest BCUT2D eigenvalue weighted by molar-refractivity contribution is -0.276. The van der Waals surface area contributed by atoms with Gasteiger partial charge in [0.05, 0.1) is 23.7 Å². The molecule has 5 atom stereocenters. The van der Waals surface area contributed by atoms with Crippen molar-refractivity contribution in [3.05, 3.63) is 167 Å². The summed E-state index contributed by atoms with van der Waals surface area (Å²) in [5, 5.41) is 12.6. The highest BCUT2D eigenvalue weighted by Gasteiger charge is 2.39. The molecule has 276 valence electrons. The van der Waals surface area contributed by atoms with Crippen LogP contribution in [0.5, 0.6) is 0 Å². The molecule has 1 saturated heterocycles. The van der Waals surface area contributed by atoms with Crippen LogP contribution in [0.15, 0.2) is 138 Å². The molecule has 1 heterocycles. The van der Waals surface area contributed by atoms with E-state index in [1.165, 1.54) is 17.7 Å². The van der Waals surface area contributed by atoms with Crippen molar-refractivity contribution in [1.82, 2.24) is 9.62 Å². The van der Waals surface area contributed by atoms with Crippen LogP contribution in [0.25, 0.3) is 0 Å². The number of nitrogens with zero attached hydrogens (tertiary/aromatic N) is 1. The van der Waals surface area contributed by atoms with Gasteiger partial charge < -0.3 is 19.9 Å². The highest BCUT2D eigenvalue weighted by molar-refractivity contribution is 7.89. The van der Waals surface area contributed by atoms with Crippen molar-refractivity contribution >= 4 is 21.6 Å². The summed E-state index contributed by atoms with van der Waals surface area (Å²) in [5.41, 5.74) is 5.94. The molecule has 5 aromatic rings. The lowest BCUT2D eigenvalue weighted by Gasteiger charge is -2.42. The molecule has 1 fully saturated rings. The van der Waals surface area contributed by atoms with Crippen LogP contribution >= 0.6 is 0 Å². The number of benzene rings is 5. The van der Waals surface area contributed by atoms with E-state index in [0.717, 1.165) is 28.8 Å². The largest absolute Gasteiger partial charge is 0.392 e. The first-order valence-electron chi connectivity index (χ1n) is 17.8. The van der Waals surface area contributed by atoms with Crippen LogP contribution in [0.2, 0.25) is 0 Å². The number of hydrogen-bond acceptors (Lipinski definition) is 7. The minimum atomic E-state index is -4.01. The predicted octanol–water partition coefficient (Wildman–Crippen LogP) is 6.94. The SMILES string of the molecule is Cc1ccc(S(=O)(=O)N[C@H](Cc2ccccc2)C(=O)Nc2cccc([C@@H]3O[C@H](CN(C)Cc4ccccc4)[C@H](C)[C@H](c4ccc(CO)cc4)O3)c2)cc1. The van der Waals surface area contributed by atoms with E-state index in [4.69, 9.17) is 9.47 Å². The summed E-state index contributed by atoms with van der Waals surface area (Å²) in [4.78, 5) is 16.2. The van der Waals surface area contributed by atoms with Crippen LogP contribution in [-0.2, 0) is 43.9 Å². The lowest BCUT2D eigenvalue weighted by Crippen LogP contribution is -2.45. The van der Waals surface area contributed by atoms with Gasteiger partial charge in [-0.1, -0.05) is 122 Å². The third kappa shape index (κ3) is 10.1. The number of nitrogens with one attached hydrogen (secondary N) is 2. The zero-order valence-electron chi connectivity index (χ0n) is 30.3. The molecule has 1 amide bonds. The Morgan fingerprint density at radius 2 is 1.45 bits per heavy atom. The first-order valence-corrected chi connectivity index (χ1v) is 19.3. The number of likely N-dealkylation sites (N-methyl/N-ethyl adjacent to an activating group) is 1. The monoisotopic (exact) mass is 733 g/mol. The summed E-state index contributed by atoms with van der Waals surface area (Å²) in [6.07, 6.45) is -1.10. The number of aliphatic hydroxyl groups is 1. The van der Waals surface area contributed by atoms with E-state index in [-0.39, 0.29) is 36.0 Å². The Hall–Kier alpha value is -4.68. The van der Waals surface area contributed by atoms with Crippen molar-refractivity contribution in [2.75, 3.05) is 18.9 Å². The smallest absolute Gasteiger partial charge is 0.242 e. The molecule has 0 unspecified atom stereocenters. The minimum Gasteiger partial charge on any atom is -0.392 e. The maximum absolute atomic E-state index is 13.9. The van der Waals surface area contributed by atoms with E-state index < -0.39 is 28.3 Å². The van der Waals surface area contributed by atoms with Crippen molar-refractivity contribution in [2.45, 2.75) is 62.9 Å². The van der Waals surface area contributed by atoms with Crippen LogP contribution in [0, 0.1) is 12.8 Å². The van der Waals surface area contributed by atoms with Crippen molar-refractivity contribution in [3.8, 4) is 0 Å². The molecule has 53 heavy (non-hydrogen) atoms. The maximum atomic E-state index is 13.9. The number of rotatable bonds is 14. The molecule has 10 heteroatoms. The first-order chi connectivity index (χ1) is 25.6. The highest BCUT2D eigenvalue weighted by Crippen LogP contribution is 2.42. The summed E-state index contributed by atoms with van der Waals surface area (Å²) in [5.74, 6) is -0.504. The molecule has 0 aliphatic carbocycles. The first kappa shape index (κ1) is 38.1. The van der Waals surface area contributed by atoms with Gasteiger partial charge in [0.1, 0.15) is 6.04 Å². The molecule has 9 nitrogen and oxygen atoms in total. The quantitative estimate of drug-likeness (QED) is 0.113. The molecule has 3 N–H and O–H groups in total. The van der Waals surface area contributed by atoms with Gasteiger partial charge in [0, 0.05) is 30.3 Å². The van der Waals surface area contributed by atoms with Crippen LogP contribution in [0.3, 0.4) is 0 Å². The van der Waals surface area contributed by atoms with E-state index in [2.05, 4.69) is 41.0 Å². The summed E-state index contributed by atoms with van der Waals surface area (Å²) in [6.45, 7) is 5.38. The Morgan fingerprint density at radius 3 is 2.11 bits per heavy atom. The number of ether oxygens (including phenoxy) is 2. The summed E-state index contributed by atoms with van der Waals surface area (Å²) < 4.78 is 42.9. The van der Waals surface area contributed by atoms with Crippen LogP contribution in [-0.4, -0.2) is 50.1 Å². The van der Waals surface area contributed by atoms with Gasteiger partial charge in [-0.3, -0.25) is 9.69 Å². The zero-order chi connectivity index (χ0) is 37.4. The van der Waals surface area contributed by atoms with Gasteiger partial charge >= 0.3 is 0 Å². The number of aliphatic hydroxyl groups excluding tert-OH is 1. The van der Waals surface area contributed by atoms with Gasteiger partial charge in [0.25, 0.3) is 0 Å². The van der Waals surface area contributed by atoms with Gasteiger partial charge in [0.2, 0.25) is 15.9 Å². The molecule has 0 radical (unpaired) electrons. The number of amides is 1. The third-order valence-corrected chi connectivity index (χ3v) is 11.1. The average Bonchev–Trinajstić information content (AvgIpc) is 3.16. The van der Waals surface area contributed by atoms with E-state index in [0.29, 0.717) is 17.8 Å². The Morgan fingerprint density at radius 1 is 0.792 bits per heavy atom. The highest BCUT2D eigenvalue weighted by atomic mass is 32.2. The molecule has 0 spiro atoms. The molecule has 1 aliphatic rings. The van der Waals surface area contributed by atoms with Crippen LogP contribution in [0.4, 0.5) is 5.69 Å². The second-order valence-electron chi connectivity index (χ2n) is 13.8. The number of anilines is 1. The minimum absolute atomic E-state index is 0.00682. The maximum Gasteiger partial charge on any atom is 0.242 e. The Kier molecular flexibility index (Phi) is 12.5. The molecule has 1 aliphatic heterocycles. The van der Waals surface area contributed by atoms with Crippen molar-refractivity contribution in [1.29, 1.82) is 0 Å². The summed E-state index contributed by atoms with van der Waals surface area (Å²) >= 11 is 0. The molecule has 5 aromatic carbocycles. The van der Waals surface area contributed by atoms with Gasteiger partial charge in [-0.25, -0.2) is 8.42 Å². The Bertz CT molecular complexity index is 2040. The molecule has 0 aromatic heterocycles. The second kappa shape index (κ2) is 17.4. The Balaban J connectivity index is 1.23. The van der Waals surface area contributed by atoms with Gasteiger partial charge in [-0.05, 0) is 66.9 Å². The fraction of sp³-hybridized carbons (Fsp3) is 0.279. The zero-order valence-corrected chi connectivity index (χ0v) is 31.1. The lowest BCUT2D eigenvalue weighted by atomic mass is 9.90. The second-order valence-corrected chi connectivity index (χ2v) is 15.5. The topological polar surface area (TPSA) is 117 Å². The fourth-order valence-corrected chi connectivity index (χ4v) is 7.79. The van der Waals surface area contributed by atoms with Crippen molar-refractivity contribution in [2.24, 2.45) is 5.92 Å². The number of carbonyl (C=O) groups is 1. The average molecular weight is 734 g/mol. The molecule has 0 saturated carbocycles. The fourth-order valence-electron chi connectivity index (χ4n) is 6.60. The number of sulfonamides is 1. The standard InChI is InChI=1S/C43H47N3O6S/c1-30-17-23-38(24-18-30)53(49,50)45-39(25-32-11-6-4-7-12-32)42(48)44-37-16-10-15-36(26-37)43-51-40(28-46(3)27-33-13-8-5-9-14-33)31(2)41(52-43)35-21-19-34(29-47)20-22-35/h4-24,26,31,39-41,43,45,47H,25,27-29H2,1-3H3,(H,44,48)/t31-,39+,40+,41+,43+/m0/s1. The van der Waals surface area contributed by atoms with E-state index in [9.17, 15) is 18.3 Å². The molecule has 0 bridgehead atoms. The van der Waals surface area contributed by atoms with E-state index in [1.54, 1.807) is 18.2 Å². The normalized spacial score (nSPS) is 19.5. The number of aryl methyl sites for hydroxylation is 1. The number of carbonyl (C=O) groups excluding carboxylic acids is 1. The van der Waals surface area contributed by atoms with Gasteiger partial charge in [-0.15, -0.1) is 0 Å². The van der Waals surface area contributed by atoms with Crippen molar-refractivity contribution in [3.63, 3.8) is 0 Å². The van der Waals surface area contributed by atoms with Crippen LogP contribution < -0.4 is 10.0 Å². The van der Waals surface area contributed by atoms with E-state index >= 15 is 0 Å². The van der Waals surface area contributed by atoms with E-state index in [1.807, 2.05) is 97.9 Å². The summed E-state index contributed by atoms with van der Waals surface area (Å²) in [7, 11) is -1.93. The molecule has 6 rings (SSSR count).